The summed E-state index contributed by atoms with van der Waals surface area (Å²) in [7, 11) is 1.67. The van der Waals surface area contributed by atoms with Crippen molar-refractivity contribution < 1.29 is 9.90 Å². The Hall–Kier alpha value is -1.55. The molecule has 20 heavy (non-hydrogen) atoms. The summed E-state index contributed by atoms with van der Waals surface area (Å²) in [4.78, 5) is 13.8. The largest absolute Gasteiger partial charge is 0.508 e. The maximum Gasteiger partial charge on any atom is 0.233 e. The molecule has 1 amide bonds. The van der Waals surface area contributed by atoms with Crippen LogP contribution in [0.15, 0.2) is 24.3 Å². The second kappa shape index (κ2) is 8.59. The maximum atomic E-state index is 11.5. The molecule has 0 saturated heterocycles. The number of aryl methyl sites for hydroxylation is 1. The van der Waals surface area contributed by atoms with E-state index in [9.17, 15) is 9.90 Å². The van der Waals surface area contributed by atoms with Gasteiger partial charge in [-0.25, -0.2) is 0 Å². The van der Waals surface area contributed by atoms with Gasteiger partial charge in [-0.3, -0.25) is 9.69 Å². The van der Waals surface area contributed by atoms with Gasteiger partial charge in [-0.1, -0.05) is 19.1 Å². The van der Waals surface area contributed by atoms with Crippen LogP contribution in [0.4, 0.5) is 0 Å². The Balaban J connectivity index is 2.50. The molecule has 112 valence electrons. The van der Waals surface area contributed by atoms with Crippen LogP contribution in [0.2, 0.25) is 0 Å². The molecule has 2 N–H and O–H groups in total. The summed E-state index contributed by atoms with van der Waals surface area (Å²) < 4.78 is 0. The Morgan fingerprint density at radius 3 is 2.55 bits per heavy atom. The molecule has 0 aliphatic carbocycles. The highest BCUT2D eigenvalue weighted by Gasteiger charge is 2.15. The number of carbonyl (C=O) groups excluding carboxylic acids is 1. The molecule has 0 saturated carbocycles. The van der Waals surface area contributed by atoms with E-state index in [-0.39, 0.29) is 5.91 Å². The summed E-state index contributed by atoms with van der Waals surface area (Å²) in [5.41, 5.74) is 1.21. The quantitative estimate of drug-likeness (QED) is 0.766. The van der Waals surface area contributed by atoms with E-state index in [1.807, 2.05) is 12.1 Å². The lowest BCUT2D eigenvalue weighted by Crippen LogP contribution is -2.41. The zero-order valence-electron chi connectivity index (χ0n) is 12.7. The number of amides is 1. The third-order valence-corrected chi connectivity index (χ3v) is 3.55. The van der Waals surface area contributed by atoms with Crippen LogP contribution >= 0.6 is 0 Å². The molecule has 0 radical (unpaired) electrons. The number of likely N-dealkylation sites (N-methyl/N-ethyl adjacent to an activating group) is 1. The molecule has 1 aromatic carbocycles. The summed E-state index contributed by atoms with van der Waals surface area (Å²) in [6, 6.07) is 7.69. The SMILES string of the molecule is CCCN(CC(=O)NC)C(C)CCc1ccc(O)cc1. The van der Waals surface area contributed by atoms with Crippen molar-refractivity contribution in [3.05, 3.63) is 29.8 Å². The van der Waals surface area contributed by atoms with Crippen molar-refractivity contribution in [2.45, 2.75) is 39.2 Å². The van der Waals surface area contributed by atoms with Crippen LogP contribution in [0.5, 0.6) is 5.75 Å². The molecule has 0 bridgehead atoms. The number of hydrogen-bond acceptors (Lipinski definition) is 3. The third kappa shape index (κ3) is 5.61. The fraction of sp³-hybridized carbons (Fsp3) is 0.562. The lowest BCUT2D eigenvalue weighted by molar-refractivity contribution is -0.122. The lowest BCUT2D eigenvalue weighted by Gasteiger charge is -2.28. The van der Waals surface area contributed by atoms with Crippen LogP contribution in [0.3, 0.4) is 0 Å². The first-order chi connectivity index (χ1) is 9.56. The van der Waals surface area contributed by atoms with E-state index in [0.717, 1.165) is 25.8 Å². The zero-order chi connectivity index (χ0) is 15.0. The van der Waals surface area contributed by atoms with Crippen LogP contribution in [0, 0.1) is 0 Å². The number of carbonyl (C=O) groups is 1. The van der Waals surface area contributed by atoms with Gasteiger partial charge in [-0.15, -0.1) is 0 Å². The van der Waals surface area contributed by atoms with Crippen molar-refractivity contribution in [3.8, 4) is 5.75 Å². The van der Waals surface area contributed by atoms with Crippen molar-refractivity contribution in [1.29, 1.82) is 0 Å². The third-order valence-electron chi connectivity index (χ3n) is 3.55. The second-order valence-corrected chi connectivity index (χ2v) is 5.20. The molecule has 1 atom stereocenters. The van der Waals surface area contributed by atoms with Gasteiger partial charge in [0.15, 0.2) is 0 Å². The minimum Gasteiger partial charge on any atom is -0.508 e. The Morgan fingerprint density at radius 2 is 2.00 bits per heavy atom. The van der Waals surface area contributed by atoms with E-state index in [1.54, 1.807) is 19.2 Å². The monoisotopic (exact) mass is 278 g/mol. The fourth-order valence-corrected chi connectivity index (χ4v) is 2.23. The zero-order valence-corrected chi connectivity index (χ0v) is 12.7. The van der Waals surface area contributed by atoms with Gasteiger partial charge in [-0.05, 0) is 50.4 Å². The summed E-state index contributed by atoms with van der Waals surface area (Å²) in [6.07, 6.45) is 3.00. The number of benzene rings is 1. The summed E-state index contributed by atoms with van der Waals surface area (Å²) in [5, 5.41) is 11.9. The number of hydrogen-bond donors (Lipinski definition) is 2. The maximum absolute atomic E-state index is 11.5. The highest BCUT2D eigenvalue weighted by atomic mass is 16.3. The van der Waals surface area contributed by atoms with Gasteiger partial charge in [0.25, 0.3) is 0 Å². The number of nitrogens with zero attached hydrogens (tertiary/aromatic N) is 1. The summed E-state index contributed by atoms with van der Waals surface area (Å²) in [6.45, 7) is 5.69. The molecule has 1 rings (SSSR count). The molecule has 0 aromatic heterocycles. The first kappa shape index (κ1) is 16.5. The van der Waals surface area contributed by atoms with E-state index in [0.29, 0.717) is 18.3 Å². The Bertz CT molecular complexity index is 403. The molecular formula is C16H26N2O2. The van der Waals surface area contributed by atoms with Gasteiger partial charge in [0.1, 0.15) is 5.75 Å². The number of aromatic hydroxyl groups is 1. The number of rotatable bonds is 8. The van der Waals surface area contributed by atoms with Crippen molar-refractivity contribution in [1.82, 2.24) is 10.2 Å². The summed E-state index contributed by atoms with van der Waals surface area (Å²) >= 11 is 0. The van der Waals surface area contributed by atoms with Gasteiger partial charge >= 0.3 is 0 Å². The van der Waals surface area contributed by atoms with E-state index < -0.39 is 0 Å². The summed E-state index contributed by atoms with van der Waals surface area (Å²) in [5.74, 6) is 0.365. The Kier molecular flexibility index (Phi) is 7.09. The molecule has 0 fully saturated rings. The molecule has 4 nitrogen and oxygen atoms in total. The van der Waals surface area contributed by atoms with Crippen LogP contribution in [0.1, 0.15) is 32.3 Å². The normalized spacial score (nSPS) is 12.4. The minimum absolute atomic E-state index is 0.0648. The average Bonchev–Trinajstić information content (AvgIpc) is 2.45. The predicted molar refractivity (Wildman–Crippen MR) is 81.8 cm³/mol. The average molecular weight is 278 g/mol. The van der Waals surface area contributed by atoms with Crippen molar-refractivity contribution in [3.63, 3.8) is 0 Å². The van der Waals surface area contributed by atoms with Crippen LogP contribution in [-0.4, -0.2) is 42.1 Å². The standard InChI is InChI=1S/C16H26N2O2/c1-4-11-18(12-16(20)17-3)13(2)5-6-14-7-9-15(19)10-8-14/h7-10,13,19H,4-6,11-12H2,1-3H3,(H,17,20). The second-order valence-electron chi connectivity index (χ2n) is 5.20. The van der Waals surface area contributed by atoms with Crippen molar-refractivity contribution >= 4 is 5.91 Å². The highest BCUT2D eigenvalue weighted by molar-refractivity contribution is 5.77. The molecule has 0 heterocycles. The molecular weight excluding hydrogens is 252 g/mol. The topological polar surface area (TPSA) is 52.6 Å². The smallest absolute Gasteiger partial charge is 0.233 e. The predicted octanol–water partition coefficient (Wildman–Crippen LogP) is 2.17. The van der Waals surface area contributed by atoms with Crippen LogP contribution in [0.25, 0.3) is 0 Å². The highest BCUT2D eigenvalue weighted by Crippen LogP contribution is 2.14. The number of nitrogens with one attached hydrogen (secondary N) is 1. The number of phenols is 1. The van der Waals surface area contributed by atoms with Crippen LogP contribution < -0.4 is 5.32 Å². The van der Waals surface area contributed by atoms with Gasteiger partial charge in [0.2, 0.25) is 5.91 Å². The lowest BCUT2D eigenvalue weighted by atomic mass is 10.0. The first-order valence-corrected chi connectivity index (χ1v) is 7.29. The number of phenolic OH excluding ortho intramolecular Hbond substituents is 1. The van der Waals surface area contributed by atoms with E-state index in [4.69, 9.17) is 0 Å². The Labute approximate surface area is 121 Å². The molecule has 0 spiro atoms. The molecule has 0 aliphatic rings. The van der Waals surface area contributed by atoms with Gasteiger partial charge in [-0.2, -0.15) is 0 Å². The molecule has 0 aliphatic heterocycles. The van der Waals surface area contributed by atoms with Gasteiger partial charge in [0.05, 0.1) is 6.54 Å². The minimum atomic E-state index is 0.0648. The van der Waals surface area contributed by atoms with Crippen LogP contribution in [-0.2, 0) is 11.2 Å². The van der Waals surface area contributed by atoms with E-state index in [1.165, 1.54) is 5.56 Å². The molecule has 4 heteroatoms. The molecule has 1 aromatic rings. The van der Waals surface area contributed by atoms with Gasteiger partial charge < -0.3 is 10.4 Å². The van der Waals surface area contributed by atoms with Gasteiger partial charge in [0, 0.05) is 13.1 Å². The molecule has 1 unspecified atom stereocenters. The van der Waals surface area contributed by atoms with E-state index >= 15 is 0 Å². The fourth-order valence-electron chi connectivity index (χ4n) is 2.23. The first-order valence-electron chi connectivity index (χ1n) is 7.29. The van der Waals surface area contributed by atoms with E-state index in [2.05, 4.69) is 24.1 Å². The van der Waals surface area contributed by atoms with Crippen molar-refractivity contribution in [2.75, 3.05) is 20.1 Å². The Morgan fingerprint density at radius 1 is 1.35 bits per heavy atom. The van der Waals surface area contributed by atoms with Crippen molar-refractivity contribution in [2.24, 2.45) is 0 Å².